The van der Waals surface area contributed by atoms with Gasteiger partial charge in [-0.3, -0.25) is 4.98 Å². The van der Waals surface area contributed by atoms with Gasteiger partial charge in [-0.25, -0.2) is 8.60 Å². The predicted octanol–water partition coefficient (Wildman–Crippen LogP) is 2.38. The molecule has 1 aromatic heterocycles. The van der Waals surface area contributed by atoms with Crippen LogP contribution >= 0.6 is 0 Å². The molecule has 0 bridgehead atoms. The molecule has 2 aromatic rings. The van der Waals surface area contributed by atoms with E-state index in [2.05, 4.69) is 16.8 Å². The summed E-state index contributed by atoms with van der Waals surface area (Å²) in [5, 5.41) is 0. The summed E-state index contributed by atoms with van der Waals surface area (Å²) < 4.78 is 33.0. The molecule has 1 atom stereocenters. The van der Waals surface area contributed by atoms with Crippen LogP contribution in [0.3, 0.4) is 0 Å². The summed E-state index contributed by atoms with van der Waals surface area (Å²) in [7, 11) is 0. The van der Waals surface area contributed by atoms with E-state index in [4.69, 9.17) is 4.55 Å². The fourth-order valence-electron chi connectivity index (χ4n) is 1.61. The fraction of sp³-hybridized carbons (Fsp3) is 0.133. The quantitative estimate of drug-likeness (QED) is 0.697. The van der Waals surface area contributed by atoms with Crippen LogP contribution in [0.2, 0.25) is 0 Å². The van der Waals surface area contributed by atoms with Gasteiger partial charge >= 0.3 is 0 Å². The van der Waals surface area contributed by atoms with E-state index in [1.807, 2.05) is 6.07 Å². The Balaban J connectivity index is 2.13. The minimum atomic E-state index is -1.91. The lowest BCUT2D eigenvalue weighted by atomic mass is 10.1. The third-order valence-corrected chi connectivity index (χ3v) is 3.17. The Morgan fingerprint density at radius 1 is 1.25 bits per heavy atom. The molecule has 1 heterocycles. The minimum absolute atomic E-state index is 0.0254. The first kappa shape index (κ1) is 14.4. The van der Waals surface area contributed by atoms with E-state index in [-0.39, 0.29) is 12.2 Å². The van der Waals surface area contributed by atoms with Crippen molar-refractivity contribution < 1.29 is 13.2 Å². The highest BCUT2D eigenvalue weighted by atomic mass is 32.2. The lowest BCUT2D eigenvalue weighted by molar-refractivity contribution is 0.562. The number of pyridine rings is 1. The van der Waals surface area contributed by atoms with E-state index >= 15 is 0 Å². The second-order valence-electron chi connectivity index (χ2n) is 4.07. The molecule has 0 aliphatic carbocycles. The summed E-state index contributed by atoms with van der Waals surface area (Å²) in [5.41, 5.74) is 1.73. The van der Waals surface area contributed by atoms with E-state index in [1.165, 1.54) is 6.07 Å². The molecule has 0 aliphatic rings. The molecule has 2 rings (SSSR count). The van der Waals surface area contributed by atoms with Crippen molar-refractivity contribution in [3.63, 3.8) is 0 Å². The van der Waals surface area contributed by atoms with E-state index < -0.39 is 16.9 Å². The Morgan fingerprint density at radius 2 is 2.05 bits per heavy atom. The number of rotatable bonds is 3. The zero-order valence-electron chi connectivity index (χ0n) is 10.5. The fourth-order valence-corrected chi connectivity index (χ4v) is 2.00. The van der Waals surface area contributed by atoms with Gasteiger partial charge in [-0.2, -0.15) is 0 Å². The average molecular weight is 289 g/mol. The predicted molar refractivity (Wildman–Crippen MR) is 76.0 cm³/mol. The normalized spacial score (nSPS) is 11.5. The van der Waals surface area contributed by atoms with Crippen LogP contribution < -0.4 is 0 Å². The number of benzene rings is 1. The summed E-state index contributed by atoms with van der Waals surface area (Å²) in [6.45, 7) is 0. The lowest BCUT2D eigenvalue weighted by Crippen LogP contribution is -2.01. The van der Waals surface area contributed by atoms with E-state index in [0.29, 0.717) is 11.1 Å². The van der Waals surface area contributed by atoms with Gasteiger partial charge in [0.1, 0.15) is 5.82 Å². The molecular weight excluding hydrogens is 277 g/mol. The van der Waals surface area contributed by atoms with Crippen molar-refractivity contribution in [3.05, 3.63) is 65.2 Å². The number of nitrogens with zero attached hydrogens (tertiary/aromatic N) is 1. The summed E-state index contributed by atoms with van der Waals surface area (Å²) in [6.07, 6.45) is 3.52. The molecule has 0 radical (unpaired) electrons. The van der Waals surface area contributed by atoms with Gasteiger partial charge in [-0.15, -0.1) is 0 Å². The number of hydrogen-bond acceptors (Lipinski definition) is 2. The zero-order valence-corrected chi connectivity index (χ0v) is 11.4. The molecule has 0 saturated carbocycles. The van der Waals surface area contributed by atoms with Crippen LogP contribution in [0.25, 0.3) is 0 Å². The first-order valence-corrected chi connectivity index (χ1v) is 7.20. The van der Waals surface area contributed by atoms with Gasteiger partial charge < -0.3 is 4.55 Å². The standard InChI is InChI=1S/C15H12FNO2S/c16-15-10-12(3-4-13-2-1-8-17-11-13)5-6-14(15)7-9-20(18)19/h1-2,5-6,8,10-11H,7,9H2,(H,18,19). The second-order valence-corrected chi connectivity index (χ2v) is 5.12. The van der Waals surface area contributed by atoms with Crippen LogP contribution in [0.15, 0.2) is 42.7 Å². The van der Waals surface area contributed by atoms with Gasteiger partial charge in [0.25, 0.3) is 0 Å². The number of aryl methyl sites for hydroxylation is 1. The Labute approximate surface area is 119 Å². The number of aromatic nitrogens is 1. The zero-order chi connectivity index (χ0) is 14.4. The molecule has 0 fully saturated rings. The maximum absolute atomic E-state index is 13.8. The summed E-state index contributed by atoms with van der Waals surface area (Å²) >= 11 is -1.91. The van der Waals surface area contributed by atoms with Crippen LogP contribution in [0.4, 0.5) is 4.39 Å². The van der Waals surface area contributed by atoms with Crippen molar-refractivity contribution in [3.8, 4) is 11.8 Å². The van der Waals surface area contributed by atoms with E-state index in [9.17, 15) is 8.60 Å². The van der Waals surface area contributed by atoms with Crippen LogP contribution in [0.5, 0.6) is 0 Å². The third-order valence-electron chi connectivity index (χ3n) is 2.61. The highest BCUT2D eigenvalue weighted by molar-refractivity contribution is 7.79. The Hall–Kier alpha value is -2.03. The molecule has 5 heteroatoms. The number of halogens is 1. The van der Waals surface area contributed by atoms with Gasteiger partial charge in [-0.1, -0.05) is 17.9 Å². The van der Waals surface area contributed by atoms with Gasteiger partial charge in [0, 0.05) is 23.5 Å². The van der Waals surface area contributed by atoms with Crippen LogP contribution in [-0.4, -0.2) is 19.5 Å². The Morgan fingerprint density at radius 3 is 2.70 bits per heavy atom. The smallest absolute Gasteiger partial charge is 0.153 e. The van der Waals surface area contributed by atoms with Crippen molar-refractivity contribution in [1.82, 2.24) is 4.98 Å². The second kappa shape index (κ2) is 6.94. The first-order chi connectivity index (χ1) is 9.65. The summed E-state index contributed by atoms with van der Waals surface area (Å²) in [4.78, 5) is 3.94. The Kier molecular flexibility index (Phi) is 4.99. The topological polar surface area (TPSA) is 50.2 Å². The molecule has 102 valence electrons. The lowest BCUT2D eigenvalue weighted by Gasteiger charge is -2.01. The molecule has 0 spiro atoms. The van der Waals surface area contributed by atoms with Gasteiger partial charge in [0.05, 0.1) is 5.75 Å². The SMILES string of the molecule is O=S(O)CCc1ccc(C#Cc2cccnc2)cc1F. The van der Waals surface area contributed by atoms with Crippen molar-refractivity contribution in [2.24, 2.45) is 0 Å². The molecule has 1 N–H and O–H groups in total. The molecule has 3 nitrogen and oxygen atoms in total. The molecule has 1 unspecified atom stereocenters. The summed E-state index contributed by atoms with van der Waals surface area (Å²) in [5.74, 6) is 5.36. The number of hydrogen-bond donors (Lipinski definition) is 1. The van der Waals surface area contributed by atoms with Gasteiger partial charge in [-0.05, 0) is 36.2 Å². The van der Waals surface area contributed by atoms with Crippen LogP contribution in [0.1, 0.15) is 16.7 Å². The maximum Gasteiger partial charge on any atom is 0.153 e. The summed E-state index contributed by atoms with van der Waals surface area (Å²) in [6, 6.07) is 8.22. The highest BCUT2D eigenvalue weighted by Gasteiger charge is 2.04. The minimum Gasteiger partial charge on any atom is -0.306 e. The highest BCUT2D eigenvalue weighted by Crippen LogP contribution is 2.11. The molecule has 20 heavy (non-hydrogen) atoms. The van der Waals surface area contributed by atoms with Crippen LogP contribution in [0, 0.1) is 17.7 Å². The largest absolute Gasteiger partial charge is 0.306 e. The van der Waals surface area contributed by atoms with Crippen molar-refractivity contribution in [1.29, 1.82) is 0 Å². The van der Waals surface area contributed by atoms with E-state index in [0.717, 1.165) is 5.56 Å². The molecule has 0 amide bonds. The molecule has 0 aliphatic heterocycles. The third kappa shape index (κ3) is 4.26. The monoisotopic (exact) mass is 289 g/mol. The first-order valence-electron chi connectivity index (χ1n) is 5.93. The van der Waals surface area contributed by atoms with Crippen LogP contribution in [-0.2, 0) is 17.5 Å². The van der Waals surface area contributed by atoms with Crippen molar-refractivity contribution in [2.45, 2.75) is 6.42 Å². The van der Waals surface area contributed by atoms with Crippen molar-refractivity contribution in [2.75, 3.05) is 5.75 Å². The van der Waals surface area contributed by atoms with E-state index in [1.54, 1.807) is 30.6 Å². The molecular formula is C15H12FNO2S. The maximum atomic E-state index is 13.8. The molecule has 1 aromatic carbocycles. The van der Waals surface area contributed by atoms with Crippen molar-refractivity contribution >= 4 is 11.1 Å². The molecule has 0 saturated heterocycles. The van der Waals surface area contributed by atoms with Gasteiger partial charge in [0.2, 0.25) is 0 Å². The van der Waals surface area contributed by atoms with Gasteiger partial charge in [0.15, 0.2) is 11.1 Å². The Bertz CT molecular complexity index is 677. The average Bonchev–Trinajstić information content (AvgIpc) is 2.45.